The summed E-state index contributed by atoms with van der Waals surface area (Å²) in [6.07, 6.45) is 1.13. The Hall–Kier alpha value is -1.03. The molecule has 0 aliphatic carbocycles. The van der Waals surface area contributed by atoms with E-state index in [0.717, 1.165) is 41.8 Å². The van der Waals surface area contributed by atoms with Gasteiger partial charge in [-0.3, -0.25) is 0 Å². The first-order valence-corrected chi connectivity index (χ1v) is 6.73. The zero-order valence-corrected chi connectivity index (χ0v) is 11.0. The lowest BCUT2D eigenvalue weighted by Crippen LogP contribution is -2.27. The number of fused-ring (bicyclic) bond motifs is 1. The van der Waals surface area contributed by atoms with Gasteiger partial charge in [-0.1, -0.05) is 35.0 Å². The van der Waals surface area contributed by atoms with Gasteiger partial charge in [-0.2, -0.15) is 0 Å². The molecule has 3 nitrogen and oxygen atoms in total. The first-order chi connectivity index (χ1) is 7.85. The van der Waals surface area contributed by atoms with Crippen LogP contribution in [0.3, 0.4) is 0 Å². The van der Waals surface area contributed by atoms with Gasteiger partial charge in [-0.25, -0.2) is 4.98 Å². The van der Waals surface area contributed by atoms with Crippen LogP contribution in [0.1, 0.15) is 13.3 Å². The Bertz CT molecular complexity index is 413. The molecule has 0 aliphatic rings. The van der Waals surface area contributed by atoms with Crippen molar-refractivity contribution >= 4 is 32.9 Å². The third kappa shape index (κ3) is 2.38. The molecule has 0 fully saturated rings. The molecule has 0 radical (unpaired) electrons. The molecule has 1 aromatic carbocycles. The van der Waals surface area contributed by atoms with Crippen molar-refractivity contribution in [3.05, 3.63) is 24.3 Å². The SMILES string of the molecule is CCCN(CCBr)c1nc2ccccc2[nH]1. The number of aromatic amines is 1. The Labute approximate surface area is 104 Å². The maximum absolute atomic E-state index is 4.60. The fourth-order valence-corrected chi connectivity index (χ4v) is 2.21. The summed E-state index contributed by atoms with van der Waals surface area (Å²) in [5, 5.41) is 0.962. The molecule has 1 heterocycles. The molecular formula is C12H16BrN3. The van der Waals surface area contributed by atoms with E-state index >= 15 is 0 Å². The maximum Gasteiger partial charge on any atom is 0.203 e. The summed E-state index contributed by atoms with van der Waals surface area (Å²) in [5.41, 5.74) is 2.14. The Morgan fingerprint density at radius 1 is 1.31 bits per heavy atom. The zero-order valence-electron chi connectivity index (χ0n) is 9.41. The summed E-state index contributed by atoms with van der Waals surface area (Å²) in [6, 6.07) is 8.14. The highest BCUT2D eigenvalue weighted by molar-refractivity contribution is 9.09. The number of alkyl halides is 1. The molecule has 1 N–H and O–H groups in total. The van der Waals surface area contributed by atoms with Crippen LogP contribution >= 0.6 is 15.9 Å². The van der Waals surface area contributed by atoms with Crippen LogP contribution in [0.4, 0.5) is 5.95 Å². The lowest BCUT2D eigenvalue weighted by Gasteiger charge is -2.19. The minimum Gasteiger partial charge on any atom is -0.342 e. The molecule has 4 heteroatoms. The van der Waals surface area contributed by atoms with Gasteiger partial charge in [0.15, 0.2) is 0 Å². The highest BCUT2D eigenvalue weighted by atomic mass is 79.9. The number of H-pyrrole nitrogens is 1. The Balaban J connectivity index is 2.29. The molecule has 2 rings (SSSR count). The first kappa shape index (κ1) is 11.5. The summed E-state index contributed by atoms with van der Waals surface area (Å²) < 4.78 is 0. The maximum atomic E-state index is 4.60. The second-order valence-corrected chi connectivity index (χ2v) is 4.55. The lowest BCUT2D eigenvalue weighted by atomic mass is 10.3. The molecule has 0 spiro atoms. The topological polar surface area (TPSA) is 31.9 Å². The molecule has 0 saturated heterocycles. The number of para-hydroxylation sites is 2. The molecule has 86 valence electrons. The number of benzene rings is 1. The van der Waals surface area contributed by atoms with Crippen LogP contribution in [0, 0.1) is 0 Å². The number of rotatable bonds is 5. The van der Waals surface area contributed by atoms with E-state index < -0.39 is 0 Å². The van der Waals surface area contributed by atoms with Gasteiger partial charge in [0.1, 0.15) is 0 Å². The van der Waals surface area contributed by atoms with Gasteiger partial charge in [0.2, 0.25) is 5.95 Å². The van der Waals surface area contributed by atoms with Crippen molar-refractivity contribution in [3.63, 3.8) is 0 Å². The van der Waals surface area contributed by atoms with Crippen molar-refractivity contribution in [3.8, 4) is 0 Å². The summed E-state index contributed by atoms with van der Waals surface area (Å²) >= 11 is 3.48. The van der Waals surface area contributed by atoms with Crippen LogP contribution in [0.5, 0.6) is 0 Å². The number of hydrogen-bond acceptors (Lipinski definition) is 2. The fourth-order valence-electron chi connectivity index (χ4n) is 1.78. The largest absolute Gasteiger partial charge is 0.342 e. The van der Waals surface area contributed by atoms with Gasteiger partial charge in [-0.05, 0) is 18.6 Å². The van der Waals surface area contributed by atoms with E-state index in [1.54, 1.807) is 0 Å². The van der Waals surface area contributed by atoms with E-state index in [4.69, 9.17) is 0 Å². The average molecular weight is 282 g/mol. The molecule has 0 bridgehead atoms. The van der Waals surface area contributed by atoms with Gasteiger partial charge in [0.25, 0.3) is 0 Å². The lowest BCUT2D eigenvalue weighted by molar-refractivity contribution is 0.776. The van der Waals surface area contributed by atoms with E-state index in [1.165, 1.54) is 0 Å². The van der Waals surface area contributed by atoms with Gasteiger partial charge < -0.3 is 9.88 Å². The Morgan fingerprint density at radius 2 is 2.12 bits per heavy atom. The molecule has 0 saturated carbocycles. The molecule has 1 aromatic heterocycles. The number of anilines is 1. The van der Waals surface area contributed by atoms with Crippen LogP contribution in [0.15, 0.2) is 24.3 Å². The molecule has 0 unspecified atom stereocenters. The Morgan fingerprint density at radius 3 is 2.81 bits per heavy atom. The normalized spacial score (nSPS) is 10.9. The second kappa shape index (κ2) is 5.34. The summed E-state index contributed by atoms with van der Waals surface area (Å²) in [5.74, 6) is 0.975. The van der Waals surface area contributed by atoms with Crippen LogP contribution in [0.25, 0.3) is 11.0 Å². The molecule has 2 aromatic rings. The third-order valence-electron chi connectivity index (χ3n) is 2.52. The van der Waals surface area contributed by atoms with Crippen molar-refractivity contribution in [1.82, 2.24) is 9.97 Å². The van der Waals surface area contributed by atoms with Crippen molar-refractivity contribution in [2.45, 2.75) is 13.3 Å². The van der Waals surface area contributed by atoms with E-state index in [0.29, 0.717) is 0 Å². The van der Waals surface area contributed by atoms with Crippen LogP contribution in [-0.4, -0.2) is 28.4 Å². The summed E-state index contributed by atoms with van der Waals surface area (Å²) in [6.45, 7) is 4.20. The molecular weight excluding hydrogens is 266 g/mol. The van der Waals surface area contributed by atoms with E-state index in [2.05, 4.69) is 43.8 Å². The summed E-state index contributed by atoms with van der Waals surface area (Å²) in [7, 11) is 0. The molecule has 16 heavy (non-hydrogen) atoms. The van der Waals surface area contributed by atoms with Crippen molar-refractivity contribution < 1.29 is 0 Å². The van der Waals surface area contributed by atoms with Gasteiger partial charge in [0, 0.05) is 18.4 Å². The fraction of sp³-hybridized carbons (Fsp3) is 0.417. The van der Waals surface area contributed by atoms with Gasteiger partial charge in [-0.15, -0.1) is 0 Å². The van der Waals surface area contributed by atoms with Gasteiger partial charge in [0.05, 0.1) is 11.0 Å². The highest BCUT2D eigenvalue weighted by Gasteiger charge is 2.09. The number of nitrogens with one attached hydrogen (secondary N) is 1. The monoisotopic (exact) mass is 281 g/mol. The van der Waals surface area contributed by atoms with Crippen molar-refractivity contribution in [1.29, 1.82) is 0 Å². The number of nitrogens with zero attached hydrogens (tertiary/aromatic N) is 2. The minimum absolute atomic E-state index is 0.962. The standard InChI is InChI=1S/C12H16BrN3/c1-2-8-16(9-7-13)12-14-10-5-3-4-6-11(10)15-12/h3-6H,2,7-9H2,1H3,(H,14,15). The minimum atomic E-state index is 0.962. The number of imidazole rings is 1. The van der Waals surface area contributed by atoms with E-state index in [1.807, 2.05) is 18.2 Å². The van der Waals surface area contributed by atoms with E-state index in [-0.39, 0.29) is 0 Å². The highest BCUT2D eigenvalue weighted by Crippen LogP contribution is 2.17. The van der Waals surface area contributed by atoms with Crippen molar-refractivity contribution in [2.75, 3.05) is 23.3 Å². The van der Waals surface area contributed by atoms with Crippen LogP contribution in [-0.2, 0) is 0 Å². The smallest absolute Gasteiger partial charge is 0.203 e. The zero-order chi connectivity index (χ0) is 11.4. The van der Waals surface area contributed by atoms with Crippen LogP contribution in [0.2, 0.25) is 0 Å². The van der Waals surface area contributed by atoms with Crippen molar-refractivity contribution in [2.24, 2.45) is 0 Å². The number of halogens is 1. The number of aromatic nitrogens is 2. The molecule has 0 atom stereocenters. The predicted octanol–water partition coefficient (Wildman–Crippen LogP) is 3.17. The predicted molar refractivity (Wildman–Crippen MR) is 72.4 cm³/mol. The first-order valence-electron chi connectivity index (χ1n) is 5.60. The van der Waals surface area contributed by atoms with E-state index in [9.17, 15) is 0 Å². The Kier molecular flexibility index (Phi) is 3.83. The summed E-state index contributed by atoms with van der Waals surface area (Å²) in [4.78, 5) is 10.2. The average Bonchev–Trinajstić information content (AvgIpc) is 2.72. The quantitative estimate of drug-likeness (QED) is 0.854. The van der Waals surface area contributed by atoms with Gasteiger partial charge >= 0.3 is 0 Å². The third-order valence-corrected chi connectivity index (χ3v) is 2.88. The second-order valence-electron chi connectivity index (χ2n) is 3.75. The molecule has 0 amide bonds. The van der Waals surface area contributed by atoms with Crippen LogP contribution < -0.4 is 4.90 Å². The number of hydrogen-bond donors (Lipinski definition) is 1. The molecule has 0 aliphatic heterocycles.